The summed E-state index contributed by atoms with van der Waals surface area (Å²) < 4.78 is 1.87. The Morgan fingerprint density at radius 3 is 2.95 bits per heavy atom. The minimum absolute atomic E-state index is 0.104. The van der Waals surface area contributed by atoms with Gasteiger partial charge in [-0.25, -0.2) is 4.98 Å². The number of imidazole rings is 1. The molecule has 1 saturated carbocycles. The molecule has 2 N–H and O–H groups in total. The monoisotopic (exact) mass is 278 g/mol. The van der Waals surface area contributed by atoms with E-state index in [9.17, 15) is 4.79 Å². The molecule has 0 aromatic carbocycles. The summed E-state index contributed by atoms with van der Waals surface area (Å²) in [6.07, 6.45) is 10.7. The molecule has 0 bridgehead atoms. The van der Waals surface area contributed by atoms with Gasteiger partial charge in [-0.2, -0.15) is 0 Å². The zero-order chi connectivity index (χ0) is 14.2. The fourth-order valence-electron chi connectivity index (χ4n) is 2.70. The average Bonchev–Trinajstić information content (AvgIpc) is 2.87. The van der Waals surface area contributed by atoms with E-state index < -0.39 is 0 Å². The second-order valence-corrected chi connectivity index (χ2v) is 5.54. The van der Waals surface area contributed by atoms with Crippen molar-refractivity contribution in [1.29, 1.82) is 0 Å². The summed E-state index contributed by atoms with van der Waals surface area (Å²) in [4.78, 5) is 16.3. The quantitative estimate of drug-likeness (QED) is 0.743. The number of rotatable bonds is 7. The third-order valence-electron chi connectivity index (χ3n) is 3.79. The van der Waals surface area contributed by atoms with Crippen molar-refractivity contribution in [3.8, 4) is 0 Å². The van der Waals surface area contributed by atoms with Crippen LogP contribution in [0.4, 0.5) is 0 Å². The maximum atomic E-state index is 12.0. The molecule has 1 aliphatic rings. The summed E-state index contributed by atoms with van der Waals surface area (Å²) in [5.74, 6) is 0.104. The van der Waals surface area contributed by atoms with Crippen LogP contribution in [-0.4, -0.2) is 34.6 Å². The number of aromatic nitrogens is 2. The SMILES string of the molecule is CCNCCc1cn(CC(=O)NC2CCCCC2)cn1. The Balaban J connectivity index is 1.73. The second kappa shape index (κ2) is 8.04. The molecule has 0 spiro atoms. The van der Waals surface area contributed by atoms with Crippen LogP contribution < -0.4 is 10.6 Å². The normalized spacial score (nSPS) is 16.2. The lowest BCUT2D eigenvalue weighted by atomic mass is 9.95. The van der Waals surface area contributed by atoms with Gasteiger partial charge in [-0.3, -0.25) is 4.79 Å². The summed E-state index contributed by atoms with van der Waals surface area (Å²) in [5.41, 5.74) is 1.04. The molecule has 0 unspecified atom stereocenters. The van der Waals surface area contributed by atoms with Crippen LogP contribution in [-0.2, 0) is 17.8 Å². The Labute approximate surface area is 121 Å². The van der Waals surface area contributed by atoms with Crippen LogP contribution in [0.3, 0.4) is 0 Å². The summed E-state index contributed by atoms with van der Waals surface area (Å²) in [6, 6.07) is 0.382. The zero-order valence-electron chi connectivity index (χ0n) is 12.4. The molecule has 0 saturated heterocycles. The van der Waals surface area contributed by atoms with Crippen LogP contribution in [0, 0.1) is 0 Å². The number of likely N-dealkylation sites (N-methyl/N-ethyl adjacent to an activating group) is 1. The van der Waals surface area contributed by atoms with Crippen molar-refractivity contribution in [1.82, 2.24) is 20.2 Å². The molecule has 1 aliphatic carbocycles. The van der Waals surface area contributed by atoms with Gasteiger partial charge in [-0.05, 0) is 19.4 Å². The van der Waals surface area contributed by atoms with Crippen molar-refractivity contribution in [3.63, 3.8) is 0 Å². The Bertz CT molecular complexity index is 410. The van der Waals surface area contributed by atoms with E-state index >= 15 is 0 Å². The van der Waals surface area contributed by atoms with Crippen molar-refractivity contribution in [2.45, 2.75) is 58.0 Å². The lowest BCUT2D eigenvalue weighted by molar-refractivity contribution is -0.122. The first-order chi connectivity index (χ1) is 9.78. The van der Waals surface area contributed by atoms with E-state index in [0.29, 0.717) is 12.6 Å². The van der Waals surface area contributed by atoms with Gasteiger partial charge in [0.15, 0.2) is 0 Å². The lowest BCUT2D eigenvalue weighted by Crippen LogP contribution is -2.38. The number of hydrogen-bond acceptors (Lipinski definition) is 3. The smallest absolute Gasteiger partial charge is 0.240 e. The standard InChI is InChI=1S/C15H26N4O/c1-2-16-9-8-14-10-19(12-17-14)11-15(20)18-13-6-4-3-5-7-13/h10,12-13,16H,2-9,11H2,1H3,(H,18,20). The topological polar surface area (TPSA) is 59.0 Å². The first kappa shape index (κ1) is 15.0. The second-order valence-electron chi connectivity index (χ2n) is 5.54. The maximum absolute atomic E-state index is 12.0. The van der Waals surface area contributed by atoms with Crippen LogP contribution >= 0.6 is 0 Å². The predicted octanol–water partition coefficient (Wildman–Crippen LogP) is 1.48. The summed E-state index contributed by atoms with van der Waals surface area (Å²) in [6.45, 7) is 4.38. The van der Waals surface area contributed by atoms with Gasteiger partial charge < -0.3 is 15.2 Å². The number of nitrogens with zero attached hydrogens (tertiary/aromatic N) is 2. The first-order valence-corrected chi connectivity index (χ1v) is 7.78. The van der Waals surface area contributed by atoms with E-state index in [4.69, 9.17) is 0 Å². The number of hydrogen-bond donors (Lipinski definition) is 2. The maximum Gasteiger partial charge on any atom is 0.240 e. The Morgan fingerprint density at radius 2 is 2.20 bits per heavy atom. The van der Waals surface area contributed by atoms with Gasteiger partial charge in [-0.15, -0.1) is 0 Å². The van der Waals surface area contributed by atoms with E-state index in [-0.39, 0.29) is 5.91 Å². The molecule has 1 fully saturated rings. The van der Waals surface area contributed by atoms with Gasteiger partial charge in [0, 0.05) is 25.2 Å². The third-order valence-corrected chi connectivity index (χ3v) is 3.79. The third kappa shape index (κ3) is 4.96. The highest BCUT2D eigenvalue weighted by Crippen LogP contribution is 2.17. The molecule has 2 rings (SSSR count). The van der Waals surface area contributed by atoms with Gasteiger partial charge in [-0.1, -0.05) is 26.2 Å². The predicted molar refractivity (Wildman–Crippen MR) is 79.5 cm³/mol. The van der Waals surface area contributed by atoms with Crippen molar-refractivity contribution < 1.29 is 4.79 Å². The van der Waals surface area contributed by atoms with Crippen LogP contribution in [0.2, 0.25) is 0 Å². The molecule has 1 heterocycles. The Kier molecular flexibility index (Phi) is 6.05. The summed E-state index contributed by atoms with van der Waals surface area (Å²) >= 11 is 0. The van der Waals surface area contributed by atoms with Gasteiger partial charge in [0.1, 0.15) is 6.54 Å². The van der Waals surface area contributed by atoms with Gasteiger partial charge in [0.2, 0.25) is 5.91 Å². The lowest BCUT2D eigenvalue weighted by Gasteiger charge is -2.22. The molecule has 1 aromatic heterocycles. The van der Waals surface area contributed by atoms with Crippen LogP contribution in [0.15, 0.2) is 12.5 Å². The molecule has 5 nitrogen and oxygen atoms in total. The average molecular weight is 278 g/mol. The largest absolute Gasteiger partial charge is 0.352 e. The van der Waals surface area contributed by atoms with Crippen molar-refractivity contribution >= 4 is 5.91 Å². The molecule has 112 valence electrons. The zero-order valence-corrected chi connectivity index (χ0v) is 12.4. The summed E-state index contributed by atoms with van der Waals surface area (Å²) in [5, 5.41) is 6.40. The molecule has 1 amide bonds. The minimum atomic E-state index is 0.104. The molecule has 0 radical (unpaired) electrons. The number of carbonyl (C=O) groups excluding carboxylic acids is 1. The van der Waals surface area contributed by atoms with Crippen LogP contribution in [0.5, 0.6) is 0 Å². The molecule has 0 atom stereocenters. The fourth-order valence-corrected chi connectivity index (χ4v) is 2.70. The van der Waals surface area contributed by atoms with Gasteiger partial charge in [0.05, 0.1) is 12.0 Å². The number of amides is 1. The van der Waals surface area contributed by atoms with E-state index in [1.54, 1.807) is 6.33 Å². The van der Waals surface area contributed by atoms with E-state index in [0.717, 1.165) is 38.0 Å². The van der Waals surface area contributed by atoms with Crippen LogP contribution in [0.25, 0.3) is 0 Å². The number of nitrogens with one attached hydrogen (secondary N) is 2. The number of carbonyl (C=O) groups is 1. The van der Waals surface area contributed by atoms with Crippen molar-refractivity contribution in [2.24, 2.45) is 0 Å². The van der Waals surface area contributed by atoms with Crippen LogP contribution in [0.1, 0.15) is 44.7 Å². The first-order valence-electron chi connectivity index (χ1n) is 7.78. The Morgan fingerprint density at radius 1 is 1.40 bits per heavy atom. The molecule has 0 aliphatic heterocycles. The molecular formula is C15H26N4O. The van der Waals surface area contributed by atoms with Crippen molar-refractivity contribution in [3.05, 3.63) is 18.2 Å². The minimum Gasteiger partial charge on any atom is -0.352 e. The highest BCUT2D eigenvalue weighted by Gasteiger charge is 2.15. The molecular weight excluding hydrogens is 252 g/mol. The Hall–Kier alpha value is -1.36. The highest BCUT2D eigenvalue weighted by molar-refractivity contribution is 5.76. The molecule has 20 heavy (non-hydrogen) atoms. The van der Waals surface area contributed by atoms with E-state index in [2.05, 4.69) is 22.5 Å². The highest BCUT2D eigenvalue weighted by atomic mass is 16.2. The van der Waals surface area contributed by atoms with Gasteiger partial charge >= 0.3 is 0 Å². The fraction of sp³-hybridized carbons (Fsp3) is 0.733. The molecule has 5 heteroatoms. The van der Waals surface area contributed by atoms with E-state index in [1.807, 2.05) is 10.8 Å². The van der Waals surface area contributed by atoms with Crippen molar-refractivity contribution in [2.75, 3.05) is 13.1 Å². The summed E-state index contributed by atoms with van der Waals surface area (Å²) in [7, 11) is 0. The molecule has 1 aromatic rings. The van der Waals surface area contributed by atoms with Gasteiger partial charge in [0.25, 0.3) is 0 Å². The van der Waals surface area contributed by atoms with E-state index in [1.165, 1.54) is 19.3 Å².